The number of imidazole rings is 1. The lowest BCUT2D eigenvalue weighted by atomic mass is 9.81. The second kappa shape index (κ2) is 13.4. The normalized spacial score (nSPS) is 16.4. The van der Waals surface area contributed by atoms with Crippen molar-refractivity contribution in [1.82, 2.24) is 24.8 Å². The molecule has 5 aromatic rings. The number of H-pyrrole nitrogens is 1. The average molecular weight is 658 g/mol. The fourth-order valence-corrected chi connectivity index (χ4v) is 7.88. The van der Waals surface area contributed by atoms with Crippen molar-refractivity contribution in [3.05, 3.63) is 95.3 Å². The molecule has 49 heavy (non-hydrogen) atoms. The Labute approximate surface area is 286 Å². The topological polar surface area (TPSA) is 120 Å². The zero-order valence-corrected chi connectivity index (χ0v) is 28.2. The molecule has 0 unspecified atom stereocenters. The number of benzene rings is 3. The number of nitrogens with zero attached hydrogens (tertiary/aromatic N) is 3. The third-order valence-electron chi connectivity index (χ3n) is 10.4. The van der Waals surface area contributed by atoms with Gasteiger partial charge in [-0.15, -0.1) is 0 Å². The summed E-state index contributed by atoms with van der Waals surface area (Å²) in [5.41, 5.74) is 6.51. The Kier molecular flexibility index (Phi) is 8.84. The molecule has 0 bridgehead atoms. The molecule has 0 aliphatic heterocycles. The number of aromatic nitrogens is 3. The van der Waals surface area contributed by atoms with Crippen LogP contribution in [0.25, 0.3) is 39.3 Å². The quantitative estimate of drug-likeness (QED) is 0.141. The van der Waals surface area contributed by atoms with E-state index < -0.39 is 11.5 Å². The van der Waals surface area contributed by atoms with E-state index in [0.29, 0.717) is 17.3 Å². The van der Waals surface area contributed by atoms with Gasteiger partial charge in [0.2, 0.25) is 5.91 Å². The van der Waals surface area contributed by atoms with E-state index in [1.54, 1.807) is 25.1 Å². The van der Waals surface area contributed by atoms with Crippen LogP contribution in [-0.4, -0.2) is 56.4 Å². The summed E-state index contributed by atoms with van der Waals surface area (Å²) in [7, 11) is 3.56. The van der Waals surface area contributed by atoms with E-state index in [2.05, 4.69) is 33.1 Å². The van der Waals surface area contributed by atoms with Gasteiger partial charge < -0.3 is 24.9 Å². The highest BCUT2D eigenvalue weighted by Gasteiger charge is 2.40. The smallest absolute Gasteiger partial charge is 0.328 e. The Bertz CT molecular complexity index is 2060. The Morgan fingerprint density at radius 3 is 2.45 bits per heavy atom. The number of hydrogen-bond acceptors (Lipinski definition) is 4. The zero-order chi connectivity index (χ0) is 34.1. The van der Waals surface area contributed by atoms with Crippen molar-refractivity contribution in [2.24, 2.45) is 0 Å². The highest BCUT2D eigenvalue weighted by Crippen LogP contribution is 2.45. The summed E-state index contributed by atoms with van der Waals surface area (Å²) in [6.45, 7) is 0.179. The average Bonchev–Trinajstić information content (AvgIpc) is 3.84. The monoisotopic (exact) mass is 657 g/mol. The molecule has 252 valence electrons. The molecule has 9 nitrogen and oxygen atoms in total. The fraction of sp³-hybridized carbons (Fsp3) is 0.350. The molecule has 7 rings (SSSR count). The van der Waals surface area contributed by atoms with Gasteiger partial charge in [-0.1, -0.05) is 74.6 Å². The van der Waals surface area contributed by atoms with E-state index in [-0.39, 0.29) is 18.4 Å². The number of fused-ring (bicyclic) bond motifs is 2. The van der Waals surface area contributed by atoms with E-state index in [4.69, 9.17) is 10.1 Å². The molecule has 3 aromatic carbocycles. The van der Waals surface area contributed by atoms with Crippen molar-refractivity contribution in [2.45, 2.75) is 75.8 Å². The largest absolute Gasteiger partial charge is 0.478 e. The second-order valence-corrected chi connectivity index (χ2v) is 13.8. The maximum Gasteiger partial charge on any atom is 0.328 e. The van der Waals surface area contributed by atoms with Crippen LogP contribution >= 0.6 is 0 Å². The molecule has 0 radical (unpaired) electrons. The van der Waals surface area contributed by atoms with Gasteiger partial charge in [0.25, 0.3) is 5.91 Å². The molecule has 0 atom stereocenters. The van der Waals surface area contributed by atoms with Gasteiger partial charge in [0.05, 0.1) is 27.8 Å². The Hall–Kier alpha value is -5.18. The van der Waals surface area contributed by atoms with E-state index in [9.17, 15) is 14.4 Å². The number of carbonyl (C=O) groups excluding carboxylic acids is 2. The minimum absolute atomic E-state index is 0.00414. The molecule has 9 heteroatoms. The van der Waals surface area contributed by atoms with Crippen molar-refractivity contribution < 1.29 is 19.5 Å². The lowest BCUT2D eigenvalue weighted by molar-refractivity contribution is -0.131. The predicted octanol–water partition coefficient (Wildman–Crippen LogP) is 7.62. The van der Waals surface area contributed by atoms with Gasteiger partial charge in [-0.3, -0.25) is 9.59 Å². The summed E-state index contributed by atoms with van der Waals surface area (Å²) in [5.74, 6) is -0.0946. The zero-order valence-electron chi connectivity index (χ0n) is 28.2. The van der Waals surface area contributed by atoms with Gasteiger partial charge in [-0.25, -0.2) is 9.78 Å². The maximum atomic E-state index is 14.2. The van der Waals surface area contributed by atoms with Crippen molar-refractivity contribution >= 4 is 45.8 Å². The standard InChI is InChI=1S/C40H43N5O4/c1-44(2)34(46)25-45-33-24-29(17-18-30(33)36(27-11-5-3-6-12-27)37(45)28-13-7-4-8-14-28)38(49)43-40(21-9-10-22-40)39-41-31-19-15-26(16-20-35(47)48)23-32(31)42-39/h4,7-8,13-20,23-24,27H,3,5-6,9-12,21-22,25H2,1-2H3,(H,41,42)(H,43,49)(H,47,48). The molecule has 2 aromatic heterocycles. The molecule has 3 N–H and O–H groups in total. The minimum atomic E-state index is -1.01. The number of aliphatic carboxylic acids is 1. The number of amides is 2. The lowest BCUT2D eigenvalue weighted by Gasteiger charge is -2.28. The van der Waals surface area contributed by atoms with Crippen LogP contribution in [0.5, 0.6) is 0 Å². The minimum Gasteiger partial charge on any atom is -0.478 e. The molecule has 2 heterocycles. The van der Waals surface area contributed by atoms with Gasteiger partial charge >= 0.3 is 5.97 Å². The third kappa shape index (κ3) is 6.37. The van der Waals surface area contributed by atoms with E-state index in [1.807, 2.05) is 48.5 Å². The lowest BCUT2D eigenvalue weighted by Crippen LogP contribution is -2.44. The van der Waals surface area contributed by atoms with Crippen molar-refractivity contribution in [3.8, 4) is 11.3 Å². The molecule has 0 spiro atoms. The molecular weight excluding hydrogens is 614 g/mol. The highest BCUT2D eigenvalue weighted by atomic mass is 16.4. The Morgan fingerprint density at radius 2 is 1.73 bits per heavy atom. The predicted molar refractivity (Wildman–Crippen MR) is 192 cm³/mol. The number of hydrogen-bond donors (Lipinski definition) is 3. The number of carboxylic acids is 1. The number of aromatic amines is 1. The molecule has 2 saturated carbocycles. The van der Waals surface area contributed by atoms with Gasteiger partial charge in [0.15, 0.2) is 0 Å². The van der Waals surface area contributed by atoms with E-state index in [1.165, 1.54) is 24.8 Å². The number of likely N-dealkylation sites (N-methyl/N-ethyl adjacent to an activating group) is 1. The maximum absolute atomic E-state index is 14.2. The molecule has 2 aliphatic rings. The van der Waals surface area contributed by atoms with Crippen LogP contribution < -0.4 is 5.32 Å². The number of carboxylic acid groups (broad SMARTS) is 1. The molecule has 2 fully saturated rings. The number of rotatable bonds is 9. The third-order valence-corrected chi connectivity index (χ3v) is 10.4. The molecule has 2 amide bonds. The van der Waals surface area contributed by atoms with Crippen molar-refractivity contribution in [2.75, 3.05) is 14.1 Å². The number of nitrogens with one attached hydrogen (secondary N) is 2. The summed E-state index contributed by atoms with van der Waals surface area (Å²) >= 11 is 0. The van der Waals surface area contributed by atoms with Crippen LogP contribution in [0.15, 0.2) is 72.8 Å². The second-order valence-electron chi connectivity index (χ2n) is 13.8. The van der Waals surface area contributed by atoms with E-state index in [0.717, 1.165) is 83.4 Å². The molecule has 2 aliphatic carbocycles. The first-order valence-electron chi connectivity index (χ1n) is 17.4. The van der Waals surface area contributed by atoms with Gasteiger partial charge in [0.1, 0.15) is 12.4 Å². The van der Waals surface area contributed by atoms with Crippen LogP contribution in [0.4, 0.5) is 0 Å². The van der Waals surface area contributed by atoms with Crippen LogP contribution in [0, 0.1) is 0 Å². The van der Waals surface area contributed by atoms with Gasteiger partial charge in [-0.05, 0) is 78.6 Å². The van der Waals surface area contributed by atoms with Crippen LogP contribution in [-0.2, 0) is 21.7 Å². The summed E-state index contributed by atoms with van der Waals surface area (Å²) < 4.78 is 2.13. The SMILES string of the molecule is CN(C)C(=O)Cn1c(-c2ccccc2)c(C2CCCCC2)c2ccc(C(=O)NC3(c4nc5ccc(C=CC(=O)O)cc5[nH]4)CCCC3)cc21. The fourth-order valence-electron chi connectivity index (χ4n) is 7.88. The first-order chi connectivity index (χ1) is 23.7. The van der Waals surface area contributed by atoms with Crippen molar-refractivity contribution in [3.63, 3.8) is 0 Å². The Morgan fingerprint density at radius 1 is 0.980 bits per heavy atom. The summed E-state index contributed by atoms with van der Waals surface area (Å²) in [6.07, 6.45) is 11.9. The first-order valence-corrected chi connectivity index (χ1v) is 17.4. The summed E-state index contributed by atoms with van der Waals surface area (Å²) in [5, 5.41) is 13.5. The van der Waals surface area contributed by atoms with Crippen LogP contribution in [0.2, 0.25) is 0 Å². The summed E-state index contributed by atoms with van der Waals surface area (Å²) in [6, 6.07) is 21.9. The first kappa shape index (κ1) is 32.4. The van der Waals surface area contributed by atoms with Crippen molar-refractivity contribution in [1.29, 1.82) is 0 Å². The van der Waals surface area contributed by atoms with Crippen LogP contribution in [0.3, 0.4) is 0 Å². The Balaban J connectivity index is 1.30. The summed E-state index contributed by atoms with van der Waals surface area (Å²) in [4.78, 5) is 48.6. The highest BCUT2D eigenvalue weighted by molar-refractivity contribution is 6.01. The number of carbonyl (C=O) groups is 3. The van der Waals surface area contributed by atoms with Gasteiger partial charge in [-0.2, -0.15) is 0 Å². The molecule has 0 saturated heterocycles. The van der Waals surface area contributed by atoms with Crippen LogP contribution in [0.1, 0.15) is 91.0 Å². The molecular formula is C40H43N5O4. The van der Waals surface area contributed by atoms with Gasteiger partial charge in [0, 0.05) is 31.1 Å². The van der Waals surface area contributed by atoms with E-state index >= 15 is 0 Å².